The van der Waals surface area contributed by atoms with Gasteiger partial charge < -0.3 is 15.2 Å². The molecular weight excluding hydrogens is 264 g/mol. The lowest BCUT2D eigenvalue weighted by Crippen LogP contribution is -2.33. The maximum atomic E-state index is 11.3. The van der Waals surface area contributed by atoms with Crippen LogP contribution in [0.1, 0.15) is 46.5 Å². The quantitative estimate of drug-likeness (QED) is 0.384. The number of nitrogens with zero attached hydrogens (tertiary/aromatic N) is 1. The van der Waals surface area contributed by atoms with E-state index in [4.69, 9.17) is 9.84 Å². The largest absolute Gasteiger partial charge is 0.444 e. The number of ether oxygens (including phenoxy) is 1. The number of aliphatic hydroxyl groups is 1. The van der Waals surface area contributed by atoms with Crippen molar-refractivity contribution in [3.05, 3.63) is 10.1 Å². The normalized spacial score (nSPS) is 12.8. The summed E-state index contributed by atoms with van der Waals surface area (Å²) < 4.78 is 5.09. The van der Waals surface area contributed by atoms with Crippen molar-refractivity contribution >= 4 is 6.09 Å². The summed E-state index contributed by atoms with van der Waals surface area (Å²) in [5.41, 5.74) is -0.505. The highest BCUT2D eigenvalue weighted by Crippen LogP contribution is 2.12. The molecule has 0 aromatic rings. The van der Waals surface area contributed by atoms with E-state index in [2.05, 4.69) is 5.32 Å². The van der Waals surface area contributed by atoms with Gasteiger partial charge in [0.1, 0.15) is 5.60 Å². The number of rotatable bonds is 9. The summed E-state index contributed by atoms with van der Waals surface area (Å²) in [6.45, 7) is 5.76. The number of alkyl carbamates (subject to hydrolysis) is 1. The fourth-order valence-corrected chi connectivity index (χ4v) is 1.68. The fourth-order valence-electron chi connectivity index (χ4n) is 1.68. The van der Waals surface area contributed by atoms with E-state index in [-0.39, 0.29) is 24.0 Å². The minimum Gasteiger partial charge on any atom is -0.444 e. The van der Waals surface area contributed by atoms with Crippen molar-refractivity contribution in [3.8, 4) is 0 Å². The maximum Gasteiger partial charge on any atom is 0.407 e. The summed E-state index contributed by atoms with van der Waals surface area (Å²) in [5.74, 6) is -0.0399. The number of unbranched alkanes of at least 4 members (excludes halogenated alkanes) is 1. The Balaban J connectivity index is 3.64. The van der Waals surface area contributed by atoms with E-state index in [1.807, 2.05) is 0 Å². The third-order valence-corrected chi connectivity index (χ3v) is 2.69. The van der Waals surface area contributed by atoms with Crippen LogP contribution in [-0.4, -0.2) is 41.4 Å². The van der Waals surface area contributed by atoms with Crippen LogP contribution in [-0.2, 0) is 4.74 Å². The van der Waals surface area contributed by atoms with Gasteiger partial charge in [-0.3, -0.25) is 10.1 Å². The summed E-state index contributed by atoms with van der Waals surface area (Å²) in [7, 11) is 0. The molecule has 0 heterocycles. The van der Waals surface area contributed by atoms with Crippen molar-refractivity contribution in [1.29, 1.82) is 0 Å². The summed E-state index contributed by atoms with van der Waals surface area (Å²) >= 11 is 0. The summed E-state index contributed by atoms with van der Waals surface area (Å²) in [5, 5.41) is 22.0. The van der Waals surface area contributed by atoms with Gasteiger partial charge in [0.2, 0.25) is 6.54 Å². The molecule has 0 radical (unpaired) electrons. The maximum absolute atomic E-state index is 11.3. The molecule has 1 amide bonds. The first-order valence-electron chi connectivity index (χ1n) is 6.94. The van der Waals surface area contributed by atoms with Gasteiger partial charge in [0, 0.05) is 24.5 Å². The van der Waals surface area contributed by atoms with Crippen molar-refractivity contribution < 1.29 is 19.6 Å². The van der Waals surface area contributed by atoms with Crippen LogP contribution in [0.4, 0.5) is 4.79 Å². The molecule has 0 fully saturated rings. The molecule has 0 unspecified atom stereocenters. The third kappa shape index (κ3) is 11.7. The van der Waals surface area contributed by atoms with Crippen molar-refractivity contribution in [2.75, 3.05) is 19.7 Å². The van der Waals surface area contributed by atoms with Gasteiger partial charge in [0.05, 0.1) is 0 Å². The lowest BCUT2D eigenvalue weighted by molar-refractivity contribution is -0.481. The van der Waals surface area contributed by atoms with Crippen LogP contribution in [0.3, 0.4) is 0 Å². The minimum atomic E-state index is -0.505. The first-order chi connectivity index (χ1) is 9.24. The third-order valence-electron chi connectivity index (χ3n) is 2.69. The first kappa shape index (κ1) is 18.6. The Morgan fingerprint density at radius 1 is 1.35 bits per heavy atom. The Bertz CT molecular complexity index is 302. The van der Waals surface area contributed by atoms with Gasteiger partial charge >= 0.3 is 6.09 Å². The molecule has 0 bridgehead atoms. The molecule has 7 nitrogen and oxygen atoms in total. The first-order valence-corrected chi connectivity index (χ1v) is 6.94. The zero-order valence-electron chi connectivity index (χ0n) is 12.6. The molecule has 118 valence electrons. The fraction of sp³-hybridized carbons (Fsp3) is 0.923. The Hall–Kier alpha value is -1.37. The molecule has 7 heteroatoms. The second kappa shape index (κ2) is 9.52. The van der Waals surface area contributed by atoms with E-state index in [0.29, 0.717) is 13.0 Å². The van der Waals surface area contributed by atoms with Crippen LogP contribution in [0.15, 0.2) is 0 Å². The number of aliphatic hydroxyl groups excluding tert-OH is 1. The average Bonchev–Trinajstić information content (AvgIpc) is 2.30. The molecule has 20 heavy (non-hydrogen) atoms. The van der Waals surface area contributed by atoms with Crippen molar-refractivity contribution in [3.63, 3.8) is 0 Å². The van der Waals surface area contributed by atoms with E-state index in [9.17, 15) is 14.9 Å². The van der Waals surface area contributed by atoms with E-state index in [1.165, 1.54) is 0 Å². The summed E-state index contributed by atoms with van der Waals surface area (Å²) in [6.07, 6.45) is 2.24. The molecule has 0 aliphatic rings. The topological polar surface area (TPSA) is 102 Å². The number of amides is 1. The smallest absolute Gasteiger partial charge is 0.407 e. The predicted octanol–water partition coefficient (Wildman–Crippen LogP) is 1.96. The zero-order chi connectivity index (χ0) is 15.6. The van der Waals surface area contributed by atoms with Crippen LogP contribution >= 0.6 is 0 Å². The molecule has 0 saturated carbocycles. The molecule has 0 saturated heterocycles. The lowest BCUT2D eigenvalue weighted by Gasteiger charge is -2.19. The lowest BCUT2D eigenvalue weighted by atomic mass is 9.99. The zero-order valence-corrected chi connectivity index (χ0v) is 12.6. The second-order valence-electron chi connectivity index (χ2n) is 5.82. The van der Waals surface area contributed by atoms with Crippen LogP contribution in [0.5, 0.6) is 0 Å². The number of nitro groups is 1. The van der Waals surface area contributed by atoms with E-state index in [0.717, 1.165) is 19.3 Å². The Kier molecular flexibility index (Phi) is 8.87. The van der Waals surface area contributed by atoms with Crippen LogP contribution in [0, 0.1) is 16.0 Å². The van der Waals surface area contributed by atoms with E-state index in [1.54, 1.807) is 20.8 Å². The molecule has 2 N–H and O–H groups in total. The Morgan fingerprint density at radius 3 is 2.50 bits per heavy atom. The number of carbonyl (C=O) groups is 1. The number of hydrogen-bond donors (Lipinski definition) is 2. The second-order valence-corrected chi connectivity index (χ2v) is 5.82. The summed E-state index contributed by atoms with van der Waals surface area (Å²) in [4.78, 5) is 21.2. The standard InChI is InChI=1S/C13H26N2O5/c1-13(2,3)20-12(17)14-8-5-4-6-11(10-16)7-9-15(18)19/h11,16H,4-10H2,1-3H3,(H,14,17)/t11-/m1/s1. The van der Waals surface area contributed by atoms with Gasteiger partial charge in [0.15, 0.2) is 0 Å². The van der Waals surface area contributed by atoms with Gasteiger partial charge in [-0.15, -0.1) is 0 Å². The molecule has 0 aromatic carbocycles. The number of hydrogen-bond acceptors (Lipinski definition) is 5. The summed E-state index contributed by atoms with van der Waals surface area (Å²) in [6, 6.07) is 0. The van der Waals surface area contributed by atoms with Crippen LogP contribution in [0.2, 0.25) is 0 Å². The van der Waals surface area contributed by atoms with Crippen molar-refractivity contribution in [2.45, 2.75) is 52.1 Å². The van der Waals surface area contributed by atoms with Gasteiger partial charge in [-0.1, -0.05) is 6.42 Å². The number of carbonyl (C=O) groups excluding carboxylic acids is 1. The molecule has 0 spiro atoms. The van der Waals surface area contributed by atoms with Crippen LogP contribution < -0.4 is 5.32 Å². The molecule has 0 aliphatic carbocycles. The minimum absolute atomic E-state index is 0.0344. The van der Waals surface area contributed by atoms with Gasteiger partial charge in [-0.05, 0) is 39.5 Å². The van der Waals surface area contributed by atoms with Gasteiger partial charge in [-0.25, -0.2) is 4.79 Å². The monoisotopic (exact) mass is 290 g/mol. The highest BCUT2D eigenvalue weighted by molar-refractivity contribution is 5.67. The van der Waals surface area contributed by atoms with Gasteiger partial charge in [-0.2, -0.15) is 0 Å². The Morgan fingerprint density at radius 2 is 2.00 bits per heavy atom. The van der Waals surface area contributed by atoms with E-state index < -0.39 is 11.7 Å². The number of nitrogens with one attached hydrogen (secondary N) is 1. The van der Waals surface area contributed by atoms with Crippen molar-refractivity contribution in [1.82, 2.24) is 5.32 Å². The van der Waals surface area contributed by atoms with Crippen molar-refractivity contribution in [2.24, 2.45) is 5.92 Å². The highest BCUT2D eigenvalue weighted by Gasteiger charge is 2.15. The molecular formula is C13H26N2O5. The van der Waals surface area contributed by atoms with Gasteiger partial charge in [0.25, 0.3) is 0 Å². The molecule has 0 aliphatic heterocycles. The Labute approximate surface area is 119 Å². The van der Waals surface area contributed by atoms with Crippen LogP contribution in [0.25, 0.3) is 0 Å². The SMILES string of the molecule is CC(C)(C)OC(=O)NCCCC[C@@H](CO)CC[N+](=O)[O-]. The highest BCUT2D eigenvalue weighted by atomic mass is 16.6. The average molecular weight is 290 g/mol. The molecule has 0 aromatic heterocycles. The predicted molar refractivity (Wildman–Crippen MR) is 75.1 cm³/mol. The molecule has 1 atom stereocenters. The molecule has 0 rings (SSSR count). The van der Waals surface area contributed by atoms with E-state index >= 15 is 0 Å².